The smallest absolute Gasteiger partial charge is 0.163 e. The second kappa shape index (κ2) is 2.55. The average Bonchev–Trinajstić information content (AvgIpc) is 2.41. The number of nitrogens with zero attached hydrogens (tertiary/aromatic N) is 2. The Bertz CT molecular complexity index is 436. The van der Waals surface area contributed by atoms with Gasteiger partial charge in [-0.3, -0.25) is 0 Å². The highest BCUT2D eigenvalue weighted by Gasteiger charge is 2.06. The lowest BCUT2D eigenvalue weighted by Gasteiger charge is -1.98. The third kappa shape index (κ3) is 0.948. The predicted octanol–water partition coefficient (Wildman–Crippen LogP) is 2.54. The van der Waals surface area contributed by atoms with E-state index in [9.17, 15) is 4.39 Å². The summed E-state index contributed by atoms with van der Waals surface area (Å²) >= 11 is 3.11. The summed E-state index contributed by atoms with van der Waals surface area (Å²) < 4.78 is 15.5. The summed E-state index contributed by atoms with van der Waals surface area (Å²) in [5.41, 5.74) is 0.502. The average molecular weight is 229 g/mol. The highest BCUT2D eigenvalue weighted by molar-refractivity contribution is 9.10. The van der Waals surface area contributed by atoms with Crippen LogP contribution in [0.15, 0.2) is 22.9 Å². The normalized spacial score (nSPS) is 10.9. The summed E-state index contributed by atoms with van der Waals surface area (Å²) in [5, 5.41) is 0. The van der Waals surface area contributed by atoms with E-state index in [0.29, 0.717) is 9.99 Å². The Morgan fingerprint density at radius 3 is 3.08 bits per heavy atom. The van der Waals surface area contributed by atoms with Crippen molar-refractivity contribution in [3.05, 3.63) is 34.6 Å². The summed E-state index contributed by atoms with van der Waals surface area (Å²) in [6.45, 7) is 1.83. The minimum absolute atomic E-state index is 0.266. The Labute approximate surface area is 77.2 Å². The van der Waals surface area contributed by atoms with Crippen LogP contribution in [0.2, 0.25) is 0 Å². The molecule has 4 heteroatoms. The van der Waals surface area contributed by atoms with Crippen molar-refractivity contribution in [2.24, 2.45) is 0 Å². The zero-order valence-corrected chi connectivity index (χ0v) is 7.97. The molecule has 0 unspecified atom stereocenters. The molecule has 62 valence electrons. The van der Waals surface area contributed by atoms with Gasteiger partial charge < -0.3 is 4.40 Å². The van der Waals surface area contributed by atoms with Gasteiger partial charge in [0.05, 0.1) is 10.7 Å². The van der Waals surface area contributed by atoms with E-state index in [1.165, 1.54) is 6.20 Å². The van der Waals surface area contributed by atoms with Gasteiger partial charge in [0.1, 0.15) is 11.3 Å². The molecule has 2 heterocycles. The van der Waals surface area contributed by atoms with Crippen LogP contribution in [0.4, 0.5) is 4.39 Å². The van der Waals surface area contributed by atoms with Gasteiger partial charge in [-0.2, -0.15) is 0 Å². The first-order valence-corrected chi connectivity index (χ1v) is 4.27. The van der Waals surface area contributed by atoms with Crippen molar-refractivity contribution >= 4 is 21.4 Å². The van der Waals surface area contributed by atoms with Gasteiger partial charge in [0.15, 0.2) is 5.82 Å². The third-order valence-electron chi connectivity index (χ3n) is 1.79. The number of hydrogen-bond donors (Lipinski definition) is 0. The first-order valence-electron chi connectivity index (χ1n) is 3.48. The number of aromatic nitrogens is 2. The molecule has 2 aromatic rings. The van der Waals surface area contributed by atoms with Gasteiger partial charge >= 0.3 is 0 Å². The minimum atomic E-state index is -0.266. The maximum Gasteiger partial charge on any atom is 0.163 e. The van der Waals surface area contributed by atoms with Crippen LogP contribution >= 0.6 is 15.9 Å². The van der Waals surface area contributed by atoms with Crippen molar-refractivity contribution in [1.82, 2.24) is 9.38 Å². The summed E-state index contributed by atoms with van der Waals surface area (Å²) in [6.07, 6.45) is 3.31. The molecule has 0 N–H and O–H groups in total. The molecule has 0 amide bonds. The van der Waals surface area contributed by atoms with Crippen molar-refractivity contribution in [2.75, 3.05) is 0 Å². The van der Waals surface area contributed by atoms with Crippen LogP contribution in [0.3, 0.4) is 0 Å². The van der Waals surface area contributed by atoms with E-state index in [-0.39, 0.29) is 5.82 Å². The highest BCUT2D eigenvalue weighted by atomic mass is 79.9. The molecule has 0 aliphatic rings. The molecule has 0 saturated carbocycles. The van der Waals surface area contributed by atoms with E-state index in [1.54, 1.807) is 16.7 Å². The molecular formula is C8H6BrFN2. The van der Waals surface area contributed by atoms with Crippen LogP contribution < -0.4 is 0 Å². The van der Waals surface area contributed by atoms with E-state index in [4.69, 9.17) is 0 Å². The van der Waals surface area contributed by atoms with Gasteiger partial charge in [-0.25, -0.2) is 9.37 Å². The maximum absolute atomic E-state index is 13.3. The van der Waals surface area contributed by atoms with Crippen LogP contribution in [-0.2, 0) is 0 Å². The van der Waals surface area contributed by atoms with E-state index in [1.807, 2.05) is 6.92 Å². The molecule has 0 aromatic carbocycles. The SMILES string of the molecule is Cc1ncc2c(F)c(Br)ccn12. The molecule has 2 rings (SSSR count). The molecule has 0 bridgehead atoms. The fourth-order valence-electron chi connectivity index (χ4n) is 1.14. The molecule has 2 nitrogen and oxygen atoms in total. The number of aryl methyl sites for hydroxylation is 1. The number of halogens is 2. The topological polar surface area (TPSA) is 17.3 Å². The lowest BCUT2D eigenvalue weighted by Crippen LogP contribution is -1.90. The molecule has 0 atom stereocenters. The highest BCUT2D eigenvalue weighted by Crippen LogP contribution is 2.19. The Kier molecular flexibility index (Phi) is 1.65. The molecule has 0 aliphatic heterocycles. The summed E-state index contributed by atoms with van der Waals surface area (Å²) in [7, 11) is 0. The first-order chi connectivity index (χ1) is 5.70. The first kappa shape index (κ1) is 7.73. The van der Waals surface area contributed by atoms with E-state index >= 15 is 0 Å². The van der Waals surface area contributed by atoms with Crippen LogP contribution in [-0.4, -0.2) is 9.38 Å². The zero-order chi connectivity index (χ0) is 8.72. The van der Waals surface area contributed by atoms with Crippen molar-refractivity contribution in [1.29, 1.82) is 0 Å². The van der Waals surface area contributed by atoms with Crippen LogP contribution in [0, 0.1) is 12.7 Å². The number of rotatable bonds is 0. The number of hydrogen-bond acceptors (Lipinski definition) is 1. The van der Waals surface area contributed by atoms with Gasteiger partial charge in [0, 0.05) is 6.20 Å². The molecule has 0 radical (unpaired) electrons. The van der Waals surface area contributed by atoms with Gasteiger partial charge in [0.2, 0.25) is 0 Å². The molecule has 0 fully saturated rings. The number of fused-ring (bicyclic) bond motifs is 1. The quantitative estimate of drug-likeness (QED) is 0.678. The van der Waals surface area contributed by atoms with Gasteiger partial charge in [-0.15, -0.1) is 0 Å². The fourth-order valence-corrected chi connectivity index (χ4v) is 1.46. The fraction of sp³-hybridized carbons (Fsp3) is 0.125. The molecule has 12 heavy (non-hydrogen) atoms. The Morgan fingerprint density at radius 2 is 2.33 bits per heavy atom. The van der Waals surface area contributed by atoms with Crippen molar-refractivity contribution in [2.45, 2.75) is 6.92 Å². The molecule has 2 aromatic heterocycles. The van der Waals surface area contributed by atoms with Gasteiger partial charge in [-0.1, -0.05) is 0 Å². The van der Waals surface area contributed by atoms with E-state index in [0.717, 1.165) is 5.82 Å². The molecule has 0 aliphatic carbocycles. The maximum atomic E-state index is 13.3. The van der Waals surface area contributed by atoms with Gasteiger partial charge in [-0.05, 0) is 28.9 Å². The number of pyridine rings is 1. The van der Waals surface area contributed by atoms with Gasteiger partial charge in [0.25, 0.3) is 0 Å². The number of imidazole rings is 1. The van der Waals surface area contributed by atoms with Crippen molar-refractivity contribution in [3.63, 3.8) is 0 Å². The van der Waals surface area contributed by atoms with E-state index in [2.05, 4.69) is 20.9 Å². The Morgan fingerprint density at radius 1 is 1.58 bits per heavy atom. The monoisotopic (exact) mass is 228 g/mol. The van der Waals surface area contributed by atoms with E-state index < -0.39 is 0 Å². The summed E-state index contributed by atoms with van der Waals surface area (Å²) in [6, 6.07) is 1.66. The summed E-state index contributed by atoms with van der Waals surface area (Å²) in [5.74, 6) is 0.523. The Hall–Kier alpha value is -0.900. The second-order valence-corrected chi connectivity index (χ2v) is 3.39. The predicted molar refractivity (Wildman–Crippen MR) is 47.6 cm³/mol. The standard InChI is InChI=1S/C8H6BrFN2/c1-5-11-4-7-8(10)6(9)2-3-12(5)7/h2-4H,1H3. The third-order valence-corrected chi connectivity index (χ3v) is 2.40. The van der Waals surface area contributed by atoms with Crippen molar-refractivity contribution < 1.29 is 4.39 Å². The van der Waals surface area contributed by atoms with Crippen LogP contribution in [0.5, 0.6) is 0 Å². The molecule has 0 spiro atoms. The second-order valence-electron chi connectivity index (χ2n) is 2.54. The lowest BCUT2D eigenvalue weighted by atomic mass is 10.4. The molecular weight excluding hydrogens is 223 g/mol. The minimum Gasteiger partial charge on any atom is -0.301 e. The van der Waals surface area contributed by atoms with Crippen LogP contribution in [0.25, 0.3) is 5.52 Å². The van der Waals surface area contributed by atoms with Crippen LogP contribution in [0.1, 0.15) is 5.82 Å². The lowest BCUT2D eigenvalue weighted by molar-refractivity contribution is 0.626. The van der Waals surface area contributed by atoms with Crippen molar-refractivity contribution in [3.8, 4) is 0 Å². The Balaban J connectivity index is 2.93. The molecule has 0 saturated heterocycles. The zero-order valence-electron chi connectivity index (χ0n) is 6.38. The largest absolute Gasteiger partial charge is 0.301 e. The summed E-state index contributed by atoms with van der Waals surface area (Å²) in [4.78, 5) is 4.00.